The van der Waals surface area contributed by atoms with E-state index in [1.807, 2.05) is 30.5 Å². The van der Waals surface area contributed by atoms with Gasteiger partial charge in [0.2, 0.25) is 0 Å². The molecule has 0 bridgehead atoms. The van der Waals surface area contributed by atoms with Gasteiger partial charge in [-0.2, -0.15) is 0 Å². The molecule has 0 aliphatic heterocycles. The van der Waals surface area contributed by atoms with Gasteiger partial charge in [0.1, 0.15) is 18.1 Å². The van der Waals surface area contributed by atoms with E-state index in [1.54, 1.807) is 20.8 Å². The number of amides is 1. The molecule has 0 aliphatic rings. The highest BCUT2D eigenvalue weighted by atomic mass is 32.1. The number of ether oxygens (including phenoxy) is 1. The van der Waals surface area contributed by atoms with Crippen LogP contribution in [0.25, 0.3) is 11.3 Å². The van der Waals surface area contributed by atoms with Crippen molar-refractivity contribution in [1.82, 2.24) is 10.3 Å². The fraction of sp³-hybridized carbons (Fsp3) is 0.421. The van der Waals surface area contributed by atoms with E-state index in [9.17, 15) is 14.7 Å². The molecule has 0 spiro atoms. The Kier molecular flexibility index (Phi) is 6.92. The number of rotatable bonds is 7. The minimum Gasteiger partial charge on any atom is -0.444 e. The second-order valence-electron chi connectivity index (χ2n) is 6.97. The van der Waals surface area contributed by atoms with E-state index in [0.29, 0.717) is 16.4 Å². The second kappa shape index (κ2) is 8.96. The van der Waals surface area contributed by atoms with Crippen LogP contribution in [0.4, 0.5) is 9.93 Å². The number of nitrogens with one attached hydrogen (secondary N) is 2. The molecule has 1 unspecified atom stereocenters. The topological polar surface area (TPSA) is 101 Å². The number of aliphatic hydroxyl groups excluding tert-OH is 1. The number of nitrogens with zero attached hydrogens (tertiary/aromatic N) is 1. The molecular weight excluding hydrogens is 366 g/mol. The van der Waals surface area contributed by atoms with Gasteiger partial charge < -0.3 is 20.5 Å². The first-order chi connectivity index (χ1) is 12.7. The molecule has 1 aromatic heterocycles. The minimum absolute atomic E-state index is 0.0235. The van der Waals surface area contributed by atoms with E-state index in [4.69, 9.17) is 4.74 Å². The van der Waals surface area contributed by atoms with Gasteiger partial charge in [-0.3, -0.25) is 4.79 Å². The van der Waals surface area contributed by atoms with Crippen molar-refractivity contribution in [2.75, 3.05) is 11.9 Å². The lowest BCUT2D eigenvalue weighted by Gasteiger charge is -2.20. The number of benzene rings is 1. The predicted molar refractivity (Wildman–Crippen MR) is 106 cm³/mol. The van der Waals surface area contributed by atoms with E-state index in [1.165, 1.54) is 11.3 Å². The summed E-state index contributed by atoms with van der Waals surface area (Å²) in [5.74, 6) is 0. The van der Waals surface area contributed by atoms with Crippen LogP contribution in [0.1, 0.15) is 43.6 Å². The molecule has 0 radical (unpaired) electrons. The largest absolute Gasteiger partial charge is 0.444 e. The Morgan fingerprint density at radius 3 is 2.78 bits per heavy atom. The third kappa shape index (κ3) is 6.33. The quantitative estimate of drug-likeness (QED) is 0.494. The van der Waals surface area contributed by atoms with Crippen LogP contribution in [0.15, 0.2) is 23.6 Å². The zero-order valence-corrected chi connectivity index (χ0v) is 16.7. The van der Waals surface area contributed by atoms with Crippen LogP contribution in [-0.2, 0) is 11.2 Å². The van der Waals surface area contributed by atoms with Crippen LogP contribution in [0.5, 0.6) is 0 Å². The maximum atomic E-state index is 11.6. The summed E-state index contributed by atoms with van der Waals surface area (Å²) in [6, 6.07) is 5.65. The fourth-order valence-electron chi connectivity index (χ4n) is 2.35. The Hall–Kier alpha value is -2.45. The molecule has 1 atom stereocenters. The molecule has 1 aromatic carbocycles. The van der Waals surface area contributed by atoms with Gasteiger partial charge in [-0.25, -0.2) is 9.78 Å². The number of carbonyl (C=O) groups excluding carboxylic acids is 2. The van der Waals surface area contributed by atoms with Crippen LogP contribution in [0, 0.1) is 0 Å². The number of anilines is 1. The molecule has 2 rings (SSSR count). The first-order valence-corrected chi connectivity index (χ1v) is 9.55. The third-order valence-corrected chi connectivity index (χ3v) is 4.36. The van der Waals surface area contributed by atoms with E-state index in [0.717, 1.165) is 23.8 Å². The summed E-state index contributed by atoms with van der Waals surface area (Å²) >= 11 is 1.33. The Bertz CT molecular complexity index is 798. The summed E-state index contributed by atoms with van der Waals surface area (Å²) in [6.45, 7) is 7.27. The maximum absolute atomic E-state index is 11.6. The van der Waals surface area contributed by atoms with Gasteiger partial charge in [0, 0.05) is 16.5 Å². The predicted octanol–water partition coefficient (Wildman–Crippen LogP) is 3.44. The first-order valence-electron chi connectivity index (χ1n) is 8.67. The average Bonchev–Trinajstić information content (AvgIpc) is 3.06. The molecule has 3 N–H and O–H groups in total. The number of hydrogen-bond acceptors (Lipinski definition) is 7. The molecule has 1 heterocycles. The van der Waals surface area contributed by atoms with E-state index in [-0.39, 0.29) is 6.54 Å². The highest BCUT2D eigenvalue weighted by Gasteiger charge is 2.17. The van der Waals surface area contributed by atoms with E-state index < -0.39 is 17.9 Å². The lowest BCUT2D eigenvalue weighted by molar-refractivity contribution is 0.0500. The van der Waals surface area contributed by atoms with Gasteiger partial charge in [-0.1, -0.05) is 19.1 Å². The Labute approximate surface area is 162 Å². The number of aryl methyl sites for hydroxylation is 1. The highest BCUT2D eigenvalue weighted by molar-refractivity contribution is 7.14. The van der Waals surface area contributed by atoms with Crippen LogP contribution in [-0.4, -0.2) is 40.8 Å². The molecule has 146 valence electrons. The zero-order valence-electron chi connectivity index (χ0n) is 15.9. The smallest absolute Gasteiger partial charge is 0.407 e. The van der Waals surface area contributed by atoms with Crippen molar-refractivity contribution < 1.29 is 19.4 Å². The monoisotopic (exact) mass is 391 g/mol. The summed E-state index contributed by atoms with van der Waals surface area (Å²) in [6.07, 6.45) is 0.0276. The van der Waals surface area contributed by atoms with Crippen LogP contribution in [0.3, 0.4) is 0 Å². The van der Waals surface area contributed by atoms with Gasteiger partial charge in [0.05, 0.1) is 12.2 Å². The first kappa shape index (κ1) is 20.9. The summed E-state index contributed by atoms with van der Waals surface area (Å²) in [4.78, 5) is 27.3. The van der Waals surface area contributed by atoms with E-state index in [2.05, 4.69) is 15.6 Å². The number of aldehydes is 1. The minimum atomic E-state index is -1.01. The van der Waals surface area contributed by atoms with Crippen molar-refractivity contribution in [3.05, 3.63) is 34.7 Å². The SMILES string of the molecule is CCc1ccc(-c2csc(NC(O)CNC(=O)OC(C)(C)C)n2)cc1C=O. The fourth-order valence-corrected chi connectivity index (χ4v) is 3.11. The number of alkyl carbamates (subject to hydrolysis) is 1. The molecule has 7 nitrogen and oxygen atoms in total. The van der Waals surface area contributed by atoms with Crippen LogP contribution < -0.4 is 10.6 Å². The third-order valence-electron chi connectivity index (χ3n) is 3.58. The van der Waals surface area contributed by atoms with Crippen LogP contribution >= 0.6 is 11.3 Å². The lowest BCUT2D eigenvalue weighted by atomic mass is 10.0. The van der Waals surface area contributed by atoms with Gasteiger partial charge in [-0.15, -0.1) is 11.3 Å². The number of thiazole rings is 1. The summed E-state index contributed by atoms with van der Waals surface area (Å²) < 4.78 is 5.11. The number of aliphatic hydroxyl groups is 1. The number of hydrogen-bond donors (Lipinski definition) is 3. The van der Waals surface area contributed by atoms with Crippen molar-refractivity contribution >= 4 is 28.8 Å². The molecular formula is C19H25N3O4S. The summed E-state index contributed by atoms with van der Waals surface area (Å²) in [5.41, 5.74) is 2.59. The molecule has 0 fully saturated rings. The molecule has 0 aliphatic carbocycles. The second-order valence-corrected chi connectivity index (χ2v) is 7.82. The highest BCUT2D eigenvalue weighted by Crippen LogP contribution is 2.26. The van der Waals surface area contributed by atoms with Crippen molar-refractivity contribution in [3.63, 3.8) is 0 Å². The zero-order chi connectivity index (χ0) is 20.0. The van der Waals surface area contributed by atoms with Crippen LogP contribution in [0.2, 0.25) is 0 Å². The Morgan fingerprint density at radius 2 is 2.15 bits per heavy atom. The van der Waals surface area contributed by atoms with Gasteiger partial charge >= 0.3 is 6.09 Å². The van der Waals surface area contributed by atoms with E-state index >= 15 is 0 Å². The van der Waals surface area contributed by atoms with Gasteiger partial charge in [-0.05, 0) is 38.8 Å². The van der Waals surface area contributed by atoms with Crippen molar-refractivity contribution in [3.8, 4) is 11.3 Å². The Balaban J connectivity index is 1.96. The lowest BCUT2D eigenvalue weighted by Crippen LogP contribution is -2.39. The molecule has 1 amide bonds. The summed E-state index contributed by atoms with van der Waals surface area (Å²) in [5, 5.41) is 17.7. The number of carbonyl (C=O) groups is 2. The molecule has 27 heavy (non-hydrogen) atoms. The standard InChI is InChI=1S/C19H25N3O4S/c1-5-12-6-7-13(8-14(12)10-23)15-11-27-17(21-15)22-16(24)9-20-18(25)26-19(2,3)4/h6-8,10-11,16,24H,5,9H2,1-4H3,(H,20,25)(H,21,22). The number of aromatic nitrogens is 1. The normalized spacial score (nSPS) is 12.3. The Morgan fingerprint density at radius 1 is 1.41 bits per heavy atom. The van der Waals surface area contributed by atoms with Crippen molar-refractivity contribution in [1.29, 1.82) is 0 Å². The van der Waals surface area contributed by atoms with Crippen molar-refractivity contribution in [2.24, 2.45) is 0 Å². The average molecular weight is 391 g/mol. The molecule has 0 saturated heterocycles. The molecule has 0 saturated carbocycles. The summed E-state index contributed by atoms with van der Waals surface area (Å²) in [7, 11) is 0. The molecule has 2 aromatic rings. The maximum Gasteiger partial charge on any atom is 0.407 e. The van der Waals surface area contributed by atoms with Gasteiger partial charge in [0.15, 0.2) is 5.13 Å². The van der Waals surface area contributed by atoms with Gasteiger partial charge in [0.25, 0.3) is 0 Å². The van der Waals surface area contributed by atoms with Crippen molar-refractivity contribution in [2.45, 2.75) is 45.9 Å². The molecule has 8 heteroatoms.